The number of amides is 1. The van der Waals surface area contributed by atoms with Gasteiger partial charge in [0.2, 0.25) is 8.03 Å². The molecule has 1 atom stereocenters. The number of carbonyl (C=O) groups excluding carboxylic acids is 1. The third-order valence-electron chi connectivity index (χ3n) is 4.46. The van der Waals surface area contributed by atoms with E-state index in [1.165, 1.54) is 24.3 Å². The van der Waals surface area contributed by atoms with Crippen LogP contribution in [0.4, 0.5) is 16.2 Å². The summed E-state index contributed by atoms with van der Waals surface area (Å²) in [6.07, 6.45) is -1.23. The molecule has 2 N–H and O–H groups in total. The summed E-state index contributed by atoms with van der Waals surface area (Å²) in [5, 5.41) is 4.23. The smallest absolute Gasteiger partial charge is 0.412 e. The SMILES string of the molecule is CC(C)(C)OC(=O)Nc1ccc2cc(N(C[PH](=O)O)S(=O)(=O)c3cc(Cl)cc(Cl)c3)ccc2c1. The van der Waals surface area contributed by atoms with Gasteiger partial charge in [0.15, 0.2) is 0 Å². The van der Waals surface area contributed by atoms with Gasteiger partial charge in [0.1, 0.15) is 11.9 Å². The molecule has 3 aromatic carbocycles. The summed E-state index contributed by atoms with van der Waals surface area (Å²) >= 11 is 11.9. The van der Waals surface area contributed by atoms with Crippen molar-refractivity contribution < 1.29 is 27.4 Å². The van der Waals surface area contributed by atoms with E-state index < -0.39 is 36.0 Å². The van der Waals surface area contributed by atoms with Crippen LogP contribution >= 0.6 is 31.2 Å². The van der Waals surface area contributed by atoms with Gasteiger partial charge in [-0.15, -0.1) is 0 Å². The molecule has 0 radical (unpaired) electrons. The van der Waals surface area contributed by atoms with Crippen molar-refractivity contribution in [2.75, 3.05) is 15.9 Å². The summed E-state index contributed by atoms with van der Waals surface area (Å²) < 4.78 is 44.4. The fraction of sp³-hybridized carbons (Fsp3) is 0.227. The van der Waals surface area contributed by atoms with E-state index >= 15 is 0 Å². The number of carbonyl (C=O) groups is 1. The van der Waals surface area contributed by atoms with E-state index in [-0.39, 0.29) is 20.6 Å². The Morgan fingerprint density at radius 3 is 2.21 bits per heavy atom. The normalized spacial score (nSPS) is 12.9. The Morgan fingerprint density at radius 2 is 1.62 bits per heavy atom. The van der Waals surface area contributed by atoms with Crippen molar-refractivity contribution in [3.8, 4) is 0 Å². The Kier molecular flexibility index (Phi) is 7.85. The summed E-state index contributed by atoms with van der Waals surface area (Å²) in [5.41, 5.74) is 0.0313. The summed E-state index contributed by atoms with van der Waals surface area (Å²) in [5.74, 6) is 0. The van der Waals surface area contributed by atoms with Crippen LogP contribution in [-0.4, -0.2) is 31.3 Å². The van der Waals surface area contributed by atoms with Gasteiger partial charge in [-0.3, -0.25) is 14.2 Å². The van der Waals surface area contributed by atoms with Gasteiger partial charge >= 0.3 is 6.09 Å². The van der Waals surface area contributed by atoms with Gasteiger partial charge in [0, 0.05) is 15.7 Å². The molecular weight excluding hydrogens is 522 g/mol. The van der Waals surface area contributed by atoms with Crippen molar-refractivity contribution in [3.05, 3.63) is 64.6 Å². The van der Waals surface area contributed by atoms with Crippen molar-refractivity contribution >= 4 is 69.5 Å². The number of sulfonamides is 1. The molecule has 12 heteroatoms. The molecule has 0 aliphatic rings. The molecule has 8 nitrogen and oxygen atoms in total. The molecule has 3 aromatic rings. The lowest BCUT2D eigenvalue weighted by molar-refractivity contribution is 0.0636. The lowest BCUT2D eigenvalue weighted by Gasteiger charge is -2.24. The summed E-state index contributed by atoms with van der Waals surface area (Å²) in [6.45, 7) is 5.27. The van der Waals surface area contributed by atoms with Crippen LogP contribution in [0.3, 0.4) is 0 Å². The van der Waals surface area contributed by atoms with Crippen molar-refractivity contribution in [2.24, 2.45) is 0 Å². The monoisotopic (exact) mass is 544 g/mol. The fourth-order valence-corrected chi connectivity index (χ4v) is 6.42. The van der Waals surface area contributed by atoms with E-state index in [9.17, 15) is 22.7 Å². The Hall–Kier alpha value is -2.29. The first-order chi connectivity index (χ1) is 15.7. The molecule has 0 fully saturated rings. The number of nitrogens with one attached hydrogen (secondary N) is 1. The molecule has 0 bridgehead atoms. The first-order valence-electron chi connectivity index (χ1n) is 9.99. The van der Waals surface area contributed by atoms with E-state index in [0.29, 0.717) is 16.5 Å². The maximum Gasteiger partial charge on any atom is 0.412 e. The van der Waals surface area contributed by atoms with Crippen LogP contribution in [-0.2, 0) is 19.3 Å². The molecule has 1 amide bonds. The average molecular weight is 545 g/mol. The number of nitrogens with zero attached hydrogens (tertiary/aromatic N) is 1. The average Bonchev–Trinajstić information content (AvgIpc) is 2.69. The Morgan fingerprint density at radius 1 is 1.03 bits per heavy atom. The van der Waals surface area contributed by atoms with Crippen LogP contribution in [0.25, 0.3) is 10.8 Å². The van der Waals surface area contributed by atoms with Crippen molar-refractivity contribution in [2.45, 2.75) is 31.3 Å². The number of halogens is 2. The van der Waals surface area contributed by atoms with Crippen LogP contribution in [0.2, 0.25) is 10.0 Å². The molecule has 0 spiro atoms. The summed E-state index contributed by atoms with van der Waals surface area (Å²) in [7, 11) is -7.46. The zero-order valence-corrected chi connectivity index (χ0v) is 21.8. The second-order valence-corrected chi connectivity index (χ2v) is 12.2. The summed E-state index contributed by atoms with van der Waals surface area (Å²) in [6, 6.07) is 13.6. The predicted octanol–water partition coefficient (Wildman–Crippen LogP) is 6.11. The molecule has 1 unspecified atom stereocenters. The maximum atomic E-state index is 13.3. The highest BCUT2D eigenvalue weighted by Gasteiger charge is 2.27. The predicted molar refractivity (Wildman–Crippen MR) is 136 cm³/mol. The third kappa shape index (κ3) is 6.64. The Balaban J connectivity index is 1.98. The van der Waals surface area contributed by atoms with Gasteiger partial charge in [0.05, 0.1) is 10.6 Å². The van der Waals surface area contributed by atoms with E-state index in [0.717, 1.165) is 4.31 Å². The zero-order chi connectivity index (χ0) is 25.3. The van der Waals surface area contributed by atoms with Crippen molar-refractivity contribution in [1.29, 1.82) is 0 Å². The van der Waals surface area contributed by atoms with Crippen LogP contribution in [0.5, 0.6) is 0 Å². The number of hydrogen-bond donors (Lipinski definition) is 2. The van der Waals surface area contributed by atoms with E-state index in [4.69, 9.17) is 27.9 Å². The lowest BCUT2D eigenvalue weighted by Crippen LogP contribution is -2.30. The van der Waals surface area contributed by atoms with E-state index in [1.54, 1.807) is 51.1 Å². The van der Waals surface area contributed by atoms with Gasteiger partial charge in [-0.05, 0) is 74.0 Å². The second-order valence-electron chi connectivity index (χ2n) is 8.38. The van der Waals surface area contributed by atoms with E-state index in [1.807, 2.05) is 0 Å². The molecule has 0 aliphatic heterocycles. The highest BCUT2D eigenvalue weighted by molar-refractivity contribution is 7.93. The molecule has 0 aliphatic carbocycles. The third-order valence-corrected chi connectivity index (χ3v) is 7.46. The van der Waals surface area contributed by atoms with E-state index in [2.05, 4.69) is 5.32 Å². The highest BCUT2D eigenvalue weighted by Crippen LogP contribution is 2.33. The number of ether oxygens (including phenoxy) is 1. The largest absolute Gasteiger partial charge is 0.444 e. The van der Waals surface area contributed by atoms with Gasteiger partial charge in [0.25, 0.3) is 10.0 Å². The van der Waals surface area contributed by atoms with Crippen molar-refractivity contribution in [1.82, 2.24) is 0 Å². The molecular formula is C22H23Cl2N2O6PS. The summed E-state index contributed by atoms with van der Waals surface area (Å²) in [4.78, 5) is 21.4. The van der Waals surface area contributed by atoms with Crippen LogP contribution in [0, 0.1) is 0 Å². The maximum absolute atomic E-state index is 13.3. The fourth-order valence-electron chi connectivity index (χ4n) is 3.13. The van der Waals surface area contributed by atoms with Crippen LogP contribution in [0.1, 0.15) is 20.8 Å². The molecule has 0 heterocycles. The molecule has 182 valence electrons. The Labute approximate surface area is 208 Å². The number of fused-ring (bicyclic) bond motifs is 1. The molecule has 0 saturated carbocycles. The molecule has 34 heavy (non-hydrogen) atoms. The van der Waals surface area contributed by atoms with Crippen molar-refractivity contribution in [3.63, 3.8) is 0 Å². The van der Waals surface area contributed by atoms with Gasteiger partial charge in [-0.25, -0.2) is 13.2 Å². The lowest BCUT2D eigenvalue weighted by atomic mass is 10.1. The second kappa shape index (κ2) is 10.1. The minimum absolute atomic E-state index is 0.117. The van der Waals surface area contributed by atoms with Gasteiger partial charge < -0.3 is 9.63 Å². The van der Waals surface area contributed by atoms with Crippen LogP contribution in [0.15, 0.2) is 59.5 Å². The number of benzene rings is 3. The minimum atomic E-state index is -4.25. The molecule has 3 rings (SSSR count). The number of rotatable bonds is 6. The molecule has 0 aromatic heterocycles. The topological polar surface area (TPSA) is 113 Å². The molecule has 0 saturated heterocycles. The number of anilines is 2. The van der Waals surface area contributed by atoms with Gasteiger partial charge in [-0.2, -0.15) is 0 Å². The highest BCUT2D eigenvalue weighted by atomic mass is 35.5. The number of hydrogen-bond acceptors (Lipinski definition) is 5. The van der Waals surface area contributed by atoms with Crippen LogP contribution < -0.4 is 9.62 Å². The first-order valence-corrected chi connectivity index (χ1v) is 13.7. The minimum Gasteiger partial charge on any atom is -0.444 e. The Bertz CT molecular complexity index is 1360. The standard InChI is InChI=1S/C22H23Cl2N2O6PS/c1-22(2,3)32-21(27)25-18-6-4-15-9-19(7-5-14(15)8-18)26(13-33(28)29)34(30,31)20-11-16(23)10-17(24)12-20/h4-12,33H,13H2,1-3H3,(H,25,27)(H,28,29). The zero-order valence-electron chi connectivity index (χ0n) is 18.5. The quantitative estimate of drug-likeness (QED) is 0.361. The van der Waals surface area contributed by atoms with Gasteiger partial charge in [-0.1, -0.05) is 35.3 Å². The first kappa shape index (κ1) is 26.3.